The summed E-state index contributed by atoms with van der Waals surface area (Å²) in [6.45, 7) is 0. The van der Waals surface area contributed by atoms with Crippen molar-refractivity contribution in [3.8, 4) is 5.75 Å². The number of hydrogen-bond acceptors (Lipinski definition) is 3. The number of para-hydroxylation sites is 2. The van der Waals surface area contributed by atoms with Crippen molar-refractivity contribution in [2.45, 2.75) is 12.8 Å². The van der Waals surface area contributed by atoms with Crippen LogP contribution in [0.3, 0.4) is 0 Å². The predicted octanol–water partition coefficient (Wildman–Crippen LogP) is 4.91. The number of ether oxygens (including phenoxy) is 1. The maximum Gasteiger partial charge on any atom is 0.323 e. The van der Waals surface area contributed by atoms with Crippen LogP contribution in [-0.4, -0.2) is 19.0 Å². The van der Waals surface area contributed by atoms with E-state index >= 15 is 0 Å². The van der Waals surface area contributed by atoms with Crippen LogP contribution in [0.1, 0.15) is 12.0 Å². The summed E-state index contributed by atoms with van der Waals surface area (Å²) in [6, 6.07) is 23.5. The van der Waals surface area contributed by atoms with Crippen LogP contribution in [0.15, 0.2) is 78.9 Å². The summed E-state index contributed by atoms with van der Waals surface area (Å²) in [7, 11) is 1.62. The zero-order valence-corrected chi connectivity index (χ0v) is 16.1. The number of methoxy groups -OCH3 is 1. The minimum absolute atomic E-state index is 0.109. The van der Waals surface area contributed by atoms with Crippen LogP contribution >= 0.6 is 0 Å². The van der Waals surface area contributed by atoms with E-state index < -0.39 is 0 Å². The highest BCUT2D eigenvalue weighted by molar-refractivity contribution is 6.00. The average molecular weight is 389 g/mol. The van der Waals surface area contributed by atoms with E-state index in [-0.39, 0.29) is 11.9 Å². The molecule has 0 bridgehead atoms. The zero-order valence-electron chi connectivity index (χ0n) is 16.1. The lowest BCUT2D eigenvalue weighted by molar-refractivity contribution is -0.116. The molecule has 3 N–H and O–H groups in total. The van der Waals surface area contributed by atoms with Gasteiger partial charge in [0, 0.05) is 23.5 Å². The van der Waals surface area contributed by atoms with E-state index in [9.17, 15) is 9.59 Å². The third kappa shape index (κ3) is 6.10. The average Bonchev–Trinajstić information content (AvgIpc) is 2.73. The normalized spacial score (nSPS) is 10.1. The lowest BCUT2D eigenvalue weighted by atomic mass is 10.1. The number of nitrogens with one attached hydrogen (secondary N) is 3. The molecule has 29 heavy (non-hydrogen) atoms. The van der Waals surface area contributed by atoms with Gasteiger partial charge in [0.25, 0.3) is 0 Å². The Kier molecular flexibility index (Phi) is 6.84. The van der Waals surface area contributed by atoms with Crippen molar-refractivity contribution in [2.75, 3.05) is 23.1 Å². The van der Waals surface area contributed by atoms with Gasteiger partial charge in [-0.15, -0.1) is 0 Å². The van der Waals surface area contributed by atoms with Gasteiger partial charge in [-0.25, -0.2) is 4.79 Å². The molecule has 3 rings (SSSR count). The molecular formula is C23H23N3O3. The van der Waals surface area contributed by atoms with Crippen molar-refractivity contribution in [2.24, 2.45) is 0 Å². The number of anilines is 3. The van der Waals surface area contributed by atoms with Gasteiger partial charge >= 0.3 is 6.03 Å². The lowest BCUT2D eigenvalue weighted by Gasteiger charge is -2.11. The van der Waals surface area contributed by atoms with Gasteiger partial charge in [-0.2, -0.15) is 0 Å². The molecule has 0 heterocycles. The molecule has 0 aliphatic heterocycles. The number of amides is 3. The monoisotopic (exact) mass is 389 g/mol. The summed E-state index contributed by atoms with van der Waals surface area (Å²) >= 11 is 0. The fourth-order valence-corrected chi connectivity index (χ4v) is 2.87. The molecule has 0 spiro atoms. The van der Waals surface area contributed by atoms with Crippen LogP contribution in [0.25, 0.3) is 0 Å². The fourth-order valence-electron chi connectivity index (χ4n) is 2.87. The summed E-state index contributed by atoms with van der Waals surface area (Å²) in [5.74, 6) is 0.665. The highest BCUT2D eigenvalue weighted by Gasteiger charge is 2.08. The summed E-state index contributed by atoms with van der Waals surface area (Å²) in [5.41, 5.74) is 2.89. The first-order valence-electron chi connectivity index (χ1n) is 9.29. The summed E-state index contributed by atoms with van der Waals surface area (Å²) in [6.07, 6.45) is 0.903. The van der Waals surface area contributed by atoms with E-state index in [4.69, 9.17) is 4.74 Å². The molecule has 6 nitrogen and oxygen atoms in total. The third-order valence-corrected chi connectivity index (χ3v) is 4.25. The van der Waals surface area contributed by atoms with Crippen LogP contribution in [0.2, 0.25) is 0 Å². The topological polar surface area (TPSA) is 79.5 Å². The number of benzene rings is 3. The van der Waals surface area contributed by atoms with Gasteiger partial charge in [0.15, 0.2) is 0 Å². The predicted molar refractivity (Wildman–Crippen MR) is 115 cm³/mol. The largest absolute Gasteiger partial charge is 0.496 e. The van der Waals surface area contributed by atoms with E-state index in [0.717, 1.165) is 11.3 Å². The van der Waals surface area contributed by atoms with Gasteiger partial charge in [0.1, 0.15) is 5.75 Å². The molecule has 0 fully saturated rings. The van der Waals surface area contributed by atoms with Crippen LogP contribution in [0.5, 0.6) is 5.75 Å². The Morgan fingerprint density at radius 1 is 0.759 bits per heavy atom. The molecule has 0 radical (unpaired) electrons. The van der Waals surface area contributed by atoms with Crippen molar-refractivity contribution < 1.29 is 14.3 Å². The second-order valence-corrected chi connectivity index (χ2v) is 6.39. The molecule has 0 atom stereocenters. The van der Waals surface area contributed by atoms with Gasteiger partial charge in [0.05, 0.1) is 7.11 Å². The Morgan fingerprint density at radius 2 is 1.38 bits per heavy atom. The lowest BCUT2D eigenvalue weighted by Crippen LogP contribution is -2.19. The van der Waals surface area contributed by atoms with Gasteiger partial charge in [-0.05, 0) is 48.4 Å². The van der Waals surface area contributed by atoms with Crippen LogP contribution in [0.4, 0.5) is 21.9 Å². The van der Waals surface area contributed by atoms with E-state index in [1.807, 2.05) is 42.5 Å². The Bertz CT molecular complexity index is 974. The molecule has 0 aliphatic carbocycles. The van der Waals surface area contributed by atoms with Gasteiger partial charge in [-0.3, -0.25) is 4.79 Å². The first-order valence-corrected chi connectivity index (χ1v) is 9.29. The number of rotatable bonds is 7. The molecule has 6 heteroatoms. The van der Waals surface area contributed by atoms with Crippen LogP contribution in [-0.2, 0) is 11.2 Å². The van der Waals surface area contributed by atoms with Crippen molar-refractivity contribution >= 4 is 29.0 Å². The maximum atomic E-state index is 12.3. The summed E-state index contributed by atoms with van der Waals surface area (Å²) in [5, 5.41) is 8.37. The Hall–Kier alpha value is -3.80. The minimum atomic E-state index is -0.351. The smallest absolute Gasteiger partial charge is 0.323 e. The number of carbonyl (C=O) groups is 2. The molecule has 3 amide bonds. The number of hydrogen-bond donors (Lipinski definition) is 3. The molecule has 0 saturated carbocycles. The maximum absolute atomic E-state index is 12.3. The Labute approximate surface area is 169 Å². The van der Waals surface area contributed by atoms with Gasteiger partial charge in [0.2, 0.25) is 5.91 Å². The first-order chi connectivity index (χ1) is 14.1. The molecule has 148 valence electrons. The van der Waals surface area contributed by atoms with E-state index in [1.54, 1.807) is 43.5 Å². The van der Waals surface area contributed by atoms with Crippen molar-refractivity contribution in [1.82, 2.24) is 0 Å². The molecular weight excluding hydrogens is 366 g/mol. The fraction of sp³-hybridized carbons (Fsp3) is 0.130. The molecule has 3 aromatic carbocycles. The summed E-state index contributed by atoms with van der Waals surface area (Å²) < 4.78 is 5.31. The molecule has 0 aliphatic rings. The summed E-state index contributed by atoms with van der Waals surface area (Å²) in [4.78, 5) is 24.4. The Balaban J connectivity index is 1.53. The molecule has 0 saturated heterocycles. The van der Waals surface area contributed by atoms with E-state index in [1.165, 1.54) is 0 Å². The Morgan fingerprint density at radius 3 is 2.14 bits per heavy atom. The minimum Gasteiger partial charge on any atom is -0.496 e. The first kappa shape index (κ1) is 19.9. The standard InChI is InChI=1S/C23H23N3O3/c1-29-21-13-6-5-8-17(21)14-15-22(27)24-19-11-7-12-20(16-19)26-23(28)25-18-9-3-2-4-10-18/h2-13,16H,14-15H2,1H3,(H,24,27)(H2,25,26,28). The second-order valence-electron chi connectivity index (χ2n) is 6.39. The number of aryl methyl sites for hydroxylation is 1. The zero-order chi connectivity index (χ0) is 20.5. The quantitative estimate of drug-likeness (QED) is 0.537. The van der Waals surface area contributed by atoms with Crippen LogP contribution < -0.4 is 20.7 Å². The molecule has 0 unspecified atom stereocenters. The van der Waals surface area contributed by atoms with E-state index in [0.29, 0.717) is 29.9 Å². The second kappa shape index (κ2) is 9.94. The van der Waals surface area contributed by atoms with E-state index in [2.05, 4.69) is 16.0 Å². The van der Waals surface area contributed by atoms with Gasteiger partial charge < -0.3 is 20.7 Å². The number of urea groups is 1. The van der Waals surface area contributed by atoms with Crippen molar-refractivity contribution in [3.05, 3.63) is 84.4 Å². The van der Waals surface area contributed by atoms with Crippen molar-refractivity contribution in [3.63, 3.8) is 0 Å². The highest BCUT2D eigenvalue weighted by Crippen LogP contribution is 2.20. The SMILES string of the molecule is COc1ccccc1CCC(=O)Nc1cccc(NC(=O)Nc2ccccc2)c1. The third-order valence-electron chi connectivity index (χ3n) is 4.25. The van der Waals surface area contributed by atoms with Gasteiger partial charge in [-0.1, -0.05) is 42.5 Å². The number of carbonyl (C=O) groups excluding carboxylic acids is 2. The highest BCUT2D eigenvalue weighted by atomic mass is 16.5. The molecule has 3 aromatic rings. The molecule has 0 aromatic heterocycles. The van der Waals surface area contributed by atoms with Crippen LogP contribution in [0, 0.1) is 0 Å². The van der Waals surface area contributed by atoms with Crippen molar-refractivity contribution in [1.29, 1.82) is 0 Å².